The van der Waals surface area contributed by atoms with Crippen molar-refractivity contribution in [1.29, 1.82) is 0 Å². The lowest BCUT2D eigenvalue weighted by Gasteiger charge is -2.37. The van der Waals surface area contributed by atoms with Gasteiger partial charge in [0.2, 0.25) is 0 Å². The molecule has 6 nitrogen and oxygen atoms in total. The van der Waals surface area contributed by atoms with Gasteiger partial charge in [0.05, 0.1) is 17.8 Å². The van der Waals surface area contributed by atoms with Gasteiger partial charge in [0.25, 0.3) is 5.91 Å². The minimum atomic E-state index is -4.75. The van der Waals surface area contributed by atoms with Gasteiger partial charge in [-0.25, -0.2) is 0 Å². The lowest BCUT2D eigenvalue weighted by Crippen LogP contribution is -2.51. The van der Waals surface area contributed by atoms with Crippen LogP contribution in [0, 0.1) is 6.92 Å². The Bertz CT molecular complexity index is 1210. The molecule has 2 aromatic carbocycles. The minimum Gasteiger partial charge on any atom is -0.497 e. The molecule has 1 atom stereocenters. The van der Waals surface area contributed by atoms with Crippen LogP contribution in [0.5, 0.6) is 5.75 Å². The molecule has 0 N–H and O–H groups in total. The summed E-state index contributed by atoms with van der Waals surface area (Å²) in [5.41, 5.74) is 0.269. The fourth-order valence-corrected chi connectivity index (χ4v) is 4.50. The van der Waals surface area contributed by atoms with E-state index in [0.717, 1.165) is 10.4 Å². The van der Waals surface area contributed by atoms with E-state index in [9.17, 15) is 18.0 Å². The number of ether oxygens (including phenoxy) is 1. The molecular formula is C24H23Cl2F3N4O2. The zero-order valence-corrected chi connectivity index (χ0v) is 20.5. The zero-order chi connectivity index (χ0) is 25.3. The summed E-state index contributed by atoms with van der Waals surface area (Å²) in [6.45, 7) is 3.32. The van der Waals surface area contributed by atoms with Gasteiger partial charge in [0.15, 0.2) is 11.7 Å². The van der Waals surface area contributed by atoms with Crippen LogP contribution in [-0.2, 0) is 11.0 Å². The standard InChI is InChI=1S/C24H23Cl2F3N4O2/c1-15-20(26)22(24(27,28)29)30-33(15)21(16-4-3-5-19(14-16)35-2)23(34)32-12-10-31(11-13-32)18-8-6-17(25)7-9-18/h3-9,14,21H,10-13H2,1-2H3. The number of hydrogen-bond donors (Lipinski definition) is 0. The van der Waals surface area contributed by atoms with Gasteiger partial charge in [-0.05, 0) is 48.9 Å². The molecule has 0 aliphatic carbocycles. The lowest BCUT2D eigenvalue weighted by molar-refractivity contribution is -0.142. The summed E-state index contributed by atoms with van der Waals surface area (Å²) >= 11 is 12.0. The van der Waals surface area contributed by atoms with Gasteiger partial charge in [0, 0.05) is 36.9 Å². The Morgan fingerprint density at radius 1 is 1.06 bits per heavy atom. The largest absolute Gasteiger partial charge is 0.497 e. The van der Waals surface area contributed by atoms with Crippen LogP contribution in [0.25, 0.3) is 0 Å². The molecule has 1 aliphatic heterocycles. The average Bonchev–Trinajstić information content (AvgIpc) is 3.14. The second kappa shape index (κ2) is 9.99. The van der Waals surface area contributed by atoms with Gasteiger partial charge in [-0.1, -0.05) is 35.3 Å². The normalized spacial score (nSPS) is 15.3. The summed E-state index contributed by atoms with van der Waals surface area (Å²) in [5.74, 6) is 0.102. The molecule has 1 saturated heterocycles. The predicted molar refractivity (Wildman–Crippen MR) is 128 cm³/mol. The van der Waals surface area contributed by atoms with Crippen LogP contribution in [0.2, 0.25) is 10.0 Å². The van der Waals surface area contributed by atoms with Crippen molar-refractivity contribution in [2.75, 3.05) is 38.2 Å². The quantitative estimate of drug-likeness (QED) is 0.442. The topological polar surface area (TPSA) is 50.6 Å². The molecule has 1 aliphatic rings. The van der Waals surface area contributed by atoms with E-state index in [2.05, 4.69) is 10.00 Å². The number of carbonyl (C=O) groups excluding carboxylic acids is 1. The van der Waals surface area contributed by atoms with Crippen LogP contribution in [0.3, 0.4) is 0 Å². The highest BCUT2D eigenvalue weighted by Crippen LogP contribution is 2.38. The molecule has 11 heteroatoms. The van der Waals surface area contributed by atoms with E-state index in [0.29, 0.717) is 42.5 Å². The first-order valence-corrected chi connectivity index (χ1v) is 11.6. The fraction of sp³-hybridized carbons (Fsp3) is 0.333. The van der Waals surface area contributed by atoms with Crippen molar-refractivity contribution in [2.45, 2.75) is 19.1 Å². The van der Waals surface area contributed by atoms with Crippen LogP contribution in [-0.4, -0.2) is 53.9 Å². The summed E-state index contributed by atoms with van der Waals surface area (Å²) < 4.78 is 46.9. The predicted octanol–water partition coefficient (Wildman–Crippen LogP) is 5.46. The van der Waals surface area contributed by atoms with Crippen LogP contribution in [0.4, 0.5) is 18.9 Å². The van der Waals surface area contributed by atoms with Gasteiger partial charge in [-0.15, -0.1) is 0 Å². The second-order valence-corrected chi connectivity index (χ2v) is 8.97. The molecule has 0 spiro atoms. The van der Waals surface area contributed by atoms with Gasteiger partial charge in [0.1, 0.15) is 5.75 Å². The first-order chi connectivity index (χ1) is 16.6. The Kier molecular flexibility index (Phi) is 7.19. The Morgan fingerprint density at radius 2 is 1.71 bits per heavy atom. The maximum absolute atomic E-state index is 13.8. The third-order valence-electron chi connectivity index (χ3n) is 6.02. The Hall–Kier alpha value is -2.91. The van der Waals surface area contributed by atoms with Crippen molar-refractivity contribution in [2.24, 2.45) is 0 Å². The maximum atomic E-state index is 13.8. The summed E-state index contributed by atoms with van der Waals surface area (Å²) in [6, 6.07) is 12.9. The number of halogens is 5. The number of benzene rings is 2. The molecule has 4 rings (SSSR count). The van der Waals surface area contributed by atoms with Crippen molar-refractivity contribution in [3.05, 3.63) is 75.5 Å². The molecule has 1 unspecified atom stereocenters. The highest BCUT2D eigenvalue weighted by atomic mass is 35.5. The van der Waals surface area contributed by atoms with E-state index >= 15 is 0 Å². The van der Waals surface area contributed by atoms with Crippen LogP contribution >= 0.6 is 23.2 Å². The van der Waals surface area contributed by atoms with E-state index < -0.39 is 22.9 Å². The van der Waals surface area contributed by atoms with Gasteiger partial charge < -0.3 is 14.5 Å². The number of methoxy groups -OCH3 is 1. The number of aromatic nitrogens is 2. The Balaban J connectivity index is 1.66. The summed E-state index contributed by atoms with van der Waals surface area (Å²) in [4.78, 5) is 17.5. The molecule has 1 fully saturated rings. The van der Waals surface area contributed by atoms with E-state index in [1.807, 2.05) is 12.1 Å². The maximum Gasteiger partial charge on any atom is 0.436 e. The van der Waals surface area contributed by atoms with Crippen molar-refractivity contribution < 1.29 is 22.7 Å². The molecule has 0 saturated carbocycles. The third kappa shape index (κ3) is 5.21. The summed E-state index contributed by atoms with van der Waals surface area (Å²) in [6.07, 6.45) is -4.75. The second-order valence-electron chi connectivity index (χ2n) is 8.16. The number of alkyl halides is 3. The fourth-order valence-electron chi connectivity index (χ4n) is 4.14. The van der Waals surface area contributed by atoms with E-state index in [1.165, 1.54) is 14.0 Å². The van der Waals surface area contributed by atoms with Crippen LogP contribution < -0.4 is 9.64 Å². The Labute approximate surface area is 210 Å². The first kappa shape index (κ1) is 25.2. The molecule has 1 aromatic heterocycles. The monoisotopic (exact) mass is 526 g/mol. The highest BCUT2D eigenvalue weighted by molar-refractivity contribution is 6.32. The average molecular weight is 527 g/mol. The van der Waals surface area contributed by atoms with Gasteiger partial charge >= 0.3 is 6.18 Å². The van der Waals surface area contributed by atoms with Crippen LogP contribution in [0.15, 0.2) is 48.5 Å². The highest BCUT2D eigenvalue weighted by Gasteiger charge is 2.41. The van der Waals surface area contributed by atoms with Gasteiger partial charge in [-0.3, -0.25) is 9.48 Å². The van der Waals surface area contributed by atoms with Gasteiger partial charge in [-0.2, -0.15) is 18.3 Å². The number of rotatable bonds is 5. The van der Waals surface area contributed by atoms with E-state index in [-0.39, 0.29) is 11.6 Å². The molecule has 186 valence electrons. The first-order valence-electron chi connectivity index (χ1n) is 10.8. The summed E-state index contributed by atoms with van der Waals surface area (Å²) in [5, 5.41) is 3.86. The minimum absolute atomic E-state index is 0.0555. The van der Waals surface area contributed by atoms with E-state index in [1.54, 1.807) is 41.3 Å². The Morgan fingerprint density at radius 3 is 2.29 bits per heavy atom. The number of carbonyl (C=O) groups is 1. The molecular weight excluding hydrogens is 504 g/mol. The van der Waals surface area contributed by atoms with Crippen molar-refractivity contribution in [1.82, 2.24) is 14.7 Å². The van der Waals surface area contributed by atoms with Crippen molar-refractivity contribution in [3.63, 3.8) is 0 Å². The third-order valence-corrected chi connectivity index (χ3v) is 6.72. The SMILES string of the molecule is COc1cccc(C(C(=O)N2CCN(c3ccc(Cl)cc3)CC2)n2nc(C(F)(F)F)c(Cl)c2C)c1. The number of piperazine rings is 1. The smallest absolute Gasteiger partial charge is 0.436 e. The van der Waals surface area contributed by atoms with Crippen LogP contribution in [0.1, 0.15) is 23.0 Å². The number of nitrogens with zero attached hydrogens (tertiary/aromatic N) is 4. The zero-order valence-electron chi connectivity index (χ0n) is 19.0. The molecule has 2 heterocycles. The molecule has 1 amide bonds. The number of hydrogen-bond acceptors (Lipinski definition) is 4. The molecule has 3 aromatic rings. The number of anilines is 1. The van der Waals surface area contributed by atoms with Crippen molar-refractivity contribution >= 4 is 34.8 Å². The van der Waals surface area contributed by atoms with Crippen molar-refractivity contribution in [3.8, 4) is 5.75 Å². The number of amides is 1. The molecule has 35 heavy (non-hydrogen) atoms. The van der Waals surface area contributed by atoms with E-state index in [4.69, 9.17) is 27.9 Å². The molecule has 0 bridgehead atoms. The summed E-state index contributed by atoms with van der Waals surface area (Å²) in [7, 11) is 1.48. The molecule has 0 radical (unpaired) electrons. The lowest BCUT2D eigenvalue weighted by atomic mass is 10.0.